The average molecular weight is 297 g/mol. The van der Waals surface area contributed by atoms with Crippen molar-refractivity contribution in [3.8, 4) is 0 Å². The summed E-state index contributed by atoms with van der Waals surface area (Å²) in [7, 11) is 0. The van der Waals surface area contributed by atoms with Crippen LogP contribution >= 0.6 is 12.2 Å². The Morgan fingerprint density at radius 2 is 2.20 bits per heavy atom. The third-order valence-electron chi connectivity index (χ3n) is 3.30. The van der Waals surface area contributed by atoms with Crippen LogP contribution in [0, 0.1) is 5.82 Å². The maximum Gasteiger partial charge on any atom is 0.135 e. The van der Waals surface area contributed by atoms with Crippen molar-refractivity contribution in [3.63, 3.8) is 0 Å². The molecule has 1 aromatic rings. The Kier molecular flexibility index (Phi) is 5.28. The molecule has 3 N–H and O–H groups in total. The molecule has 1 unspecified atom stereocenters. The molecular formula is C14H20FN3OS. The number of rotatable bonds is 5. The summed E-state index contributed by atoms with van der Waals surface area (Å²) in [5.74, 6) is -0.388. The second-order valence-corrected chi connectivity index (χ2v) is 5.42. The predicted molar refractivity (Wildman–Crippen MR) is 82.6 cm³/mol. The van der Waals surface area contributed by atoms with E-state index in [4.69, 9.17) is 22.7 Å². The smallest absolute Gasteiger partial charge is 0.135 e. The summed E-state index contributed by atoms with van der Waals surface area (Å²) in [6.45, 7) is 6.32. The van der Waals surface area contributed by atoms with Crippen molar-refractivity contribution in [2.45, 2.75) is 13.0 Å². The minimum absolute atomic E-state index is 0.0733. The molecule has 0 radical (unpaired) electrons. The van der Waals surface area contributed by atoms with Crippen molar-refractivity contribution in [3.05, 3.63) is 29.6 Å². The van der Waals surface area contributed by atoms with Crippen molar-refractivity contribution < 1.29 is 9.13 Å². The summed E-state index contributed by atoms with van der Waals surface area (Å²) in [6, 6.07) is 4.99. The second-order valence-electron chi connectivity index (χ2n) is 4.99. The number of halogens is 1. The highest BCUT2D eigenvalue weighted by molar-refractivity contribution is 7.80. The molecule has 2 rings (SSSR count). The van der Waals surface area contributed by atoms with Crippen LogP contribution in [0.2, 0.25) is 0 Å². The van der Waals surface area contributed by atoms with Gasteiger partial charge in [-0.25, -0.2) is 4.39 Å². The van der Waals surface area contributed by atoms with Crippen LogP contribution in [0.3, 0.4) is 0 Å². The first-order valence-electron chi connectivity index (χ1n) is 6.73. The van der Waals surface area contributed by atoms with E-state index in [9.17, 15) is 4.39 Å². The second kappa shape index (κ2) is 6.97. The van der Waals surface area contributed by atoms with Gasteiger partial charge in [0.1, 0.15) is 10.8 Å². The molecule has 6 heteroatoms. The van der Waals surface area contributed by atoms with Gasteiger partial charge >= 0.3 is 0 Å². The lowest BCUT2D eigenvalue weighted by atomic mass is 10.1. The fourth-order valence-corrected chi connectivity index (χ4v) is 2.58. The third-order valence-corrected chi connectivity index (χ3v) is 3.50. The van der Waals surface area contributed by atoms with Crippen molar-refractivity contribution in [2.75, 3.05) is 38.2 Å². The first-order chi connectivity index (χ1) is 9.58. The summed E-state index contributed by atoms with van der Waals surface area (Å²) in [6.07, 6.45) is 0. The van der Waals surface area contributed by atoms with Gasteiger partial charge in [-0.05, 0) is 19.1 Å². The zero-order valence-electron chi connectivity index (χ0n) is 11.6. The summed E-state index contributed by atoms with van der Waals surface area (Å²) in [5.41, 5.74) is 6.54. The van der Waals surface area contributed by atoms with Crippen LogP contribution < -0.4 is 11.1 Å². The van der Waals surface area contributed by atoms with Crippen LogP contribution in [0.1, 0.15) is 12.5 Å². The Hall–Kier alpha value is -1.24. The lowest BCUT2D eigenvalue weighted by Gasteiger charge is -2.30. The van der Waals surface area contributed by atoms with E-state index in [0.29, 0.717) is 5.69 Å². The molecular weight excluding hydrogens is 277 g/mol. The molecule has 1 atom stereocenters. The maximum atomic E-state index is 13.8. The number of hydrogen-bond acceptors (Lipinski definition) is 4. The van der Waals surface area contributed by atoms with Crippen molar-refractivity contribution in [1.82, 2.24) is 4.90 Å². The Bertz CT molecular complexity index is 477. The van der Waals surface area contributed by atoms with Crippen molar-refractivity contribution in [2.24, 2.45) is 5.73 Å². The van der Waals surface area contributed by atoms with E-state index in [1.807, 2.05) is 0 Å². The van der Waals surface area contributed by atoms with Gasteiger partial charge in [0.25, 0.3) is 0 Å². The third kappa shape index (κ3) is 3.88. The fourth-order valence-electron chi connectivity index (χ4n) is 2.38. The molecule has 1 aliphatic rings. The van der Waals surface area contributed by atoms with E-state index >= 15 is 0 Å². The molecule has 0 amide bonds. The van der Waals surface area contributed by atoms with E-state index in [0.717, 1.165) is 32.8 Å². The normalized spacial score (nSPS) is 17.7. The van der Waals surface area contributed by atoms with Gasteiger partial charge in [-0.2, -0.15) is 0 Å². The number of morpholine rings is 1. The van der Waals surface area contributed by atoms with Crippen LogP contribution in [0.25, 0.3) is 0 Å². The first-order valence-corrected chi connectivity index (χ1v) is 7.13. The number of anilines is 1. The highest BCUT2D eigenvalue weighted by Gasteiger charge is 2.16. The van der Waals surface area contributed by atoms with E-state index in [2.05, 4.69) is 17.1 Å². The maximum absolute atomic E-state index is 13.8. The molecule has 110 valence electrons. The number of benzene rings is 1. The number of hydrogen-bond donors (Lipinski definition) is 2. The topological polar surface area (TPSA) is 50.5 Å². The van der Waals surface area contributed by atoms with Gasteiger partial charge in [0, 0.05) is 31.4 Å². The Labute approximate surface area is 124 Å². The molecule has 20 heavy (non-hydrogen) atoms. The first kappa shape index (κ1) is 15.2. The van der Waals surface area contributed by atoms with Crippen LogP contribution in [0.4, 0.5) is 10.1 Å². The standard InChI is InChI=1S/C14H20FN3OS/c1-10(9-18-5-7-19-8-6-18)17-12-4-2-3-11(15)13(12)14(16)20/h2-4,10,17H,5-9H2,1H3,(H2,16,20). The van der Waals surface area contributed by atoms with Crippen LogP contribution in [0.15, 0.2) is 18.2 Å². The molecule has 4 nitrogen and oxygen atoms in total. The Morgan fingerprint density at radius 3 is 2.85 bits per heavy atom. The SMILES string of the molecule is CC(CN1CCOCC1)Nc1cccc(F)c1C(N)=S. The molecule has 1 aliphatic heterocycles. The van der Waals surface area contributed by atoms with Crippen LogP contribution in [-0.4, -0.2) is 48.8 Å². The number of thiocarbonyl (C=S) groups is 1. The van der Waals surface area contributed by atoms with Gasteiger partial charge in [0.05, 0.1) is 18.8 Å². The number of nitrogens with one attached hydrogen (secondary N) is 1. The molecule has 0 spiro atoms. The zero-order valence-corrected chi connectivity index (χ0v) is 12.4. The Balaban J connectivity index is 2.01. The van der Waals surface area contributed by atoms with Gasteiger partial charge in [0.15, 0.2) is 0 Å². The van der Waals surface area contributed by atoms with Gasteiger partial charge in [0.2, 0.25) is 0 Å². The molecule has 0 aromatic heterocycles. The quantitative estimate of drug-likeness (QED) is 0.808. The highest BCUT2D eigenvalue weighted by atomic mass is 32.1. The summed E-state index contributed by atoms with van der Waals surface area (Å²) >= 11 is 4.92. The summed E-state index contributed by atoms with van der Waals surface area (Å²) in [5, 5.41) is 3.29. The number of nitrogens with two attached hydrogens (primary N) is 1. The summed E-state index contributed by atoms with van der Waals surface area (Å²) < 4.78 is 19.1. The Morgan fingerprint density at radius 1 is 1.50 bits per heavy atom. The van der Waals surface area contributed by atoms with Gasteiger partial charge in [-0.15, -0.1) is 0 Å². The van der Waals surface area contributed by atoms with E-state index in [-0.39, 0.29) is 22.4 Å². The average Bonchev–Trinajstić information content (AvgIpc) is 2.39. The van der Waals surface area contributed by atoms with Crippen LogP contribution in [0.5, 0.6) is 0 Å². The summed E-state index contributed by atoms with van der Waals surface area (Å²) in [4.78, 5) is 2.39. The monoisotopic (exact) mass is 297 g/mol. The van der Waals surface area contributed by atoms with Crippen LogP contribution in [-0.2, 0) is 4.74 Å². The zero-order chi connectivity index (χ0) is 14.5. The fraction of sp³-hybridized carbons (Fsp3) is 0.500. The molecule has 1 heterocycles. The lowest BCUT2D eigenvalue weighted by molar-refractivity contribution is 0.0368. The van der Waals surface area contributed by atoms with Gasteiger partial charge in [-0.3, -0.25) is 4.90 Å². The van der Waals surface area contributed by atoms with Crippen molar-refractivity contribution in [1.29, 1.82) is 0 Å². The molecule has 0 aliphatic carbocycles. The molecule has 0 saturated carbocycles. The molecule has 1 aromatic carbocycles. The predicted octanol–water partition coefficient (Wildman–Crippen LogP) is 1.59. The van der Waals surface area contributed by atoms with E-state index < -0.39 is 0 Å². The van der Waals surface area contributed by atoms with E-state index in [1.165, 1.54) is 6.07 Å². The molecule has 1 fully saturated rings. The molecule has 0 bridgehead atoms. The van der Waals surface area contributed by atoms with Gasteiger partial charge in [-0.1, -0.05) is 18.3 Å². The largest absolute Gasteiger partial charge is 0.389 e. The lowest BCUT2D eigenvalue weighted by Crippen LogP contribution is -2.42. The minimum atomic E-state index is -0.388. The number of nitrogens with zero attached hydrogens (tertiary/aromatic N) is 1. The highest BCUT2D eigenvalue weighted by Crippen LogP contribution is 2.20. The van der Waals surface area contributed by atoms with Crippen molar-refractivity contribution >= 4 is 22.9 Å². The minimum Gasteiger partial charge on any atom is -0.389 e. The van der Waals surface area contributed by atoms with E-state index in [1.54, 1.807) is 12.1 Å². The molecule has 1 saturated heterocycles. The number of ether oxygens (including phenoxy) is 1. The van der Waals surface area contributed by atoms with Gasteiger partial charge < -0.3 is 15.8 Å².